The summed E-state index contributed by atoms with van der Waals surface area (Å²) in [5.74, 6) is 0.363. The quantitative estimate of drug-likeness (QED) is 0.884. The predicted molar refractivity (Wildman–Crippen MR) is 77.5 cm³/mol. The predicted octanol–water partition coefficient (Wildman–Crippen LogP) is 3.40. The average molecular weight is 259 g/mol. The molecule has 0 unspecified atom stereocenters. The van der Waals surface area contributed by atoms with E-state index in [4.69, 9.17) is 0 Å². The van der Waals surface area contributed by atoms with Crippen LogP contribution < -0.4 is 5.32 Å². The number of anilines is 1. The highest BCUT2D eigenvalue weighted by Gasteiger charge is 2.08. The molecule has 4 nitrogen and oxygen atoms in total. The topological polar surface area (TPSA) is 50.1 Å². The molecule has 1 aromatic heterocycles. The lowest BCUT2D eigenvalue weighted by molar-refractivity contribution is 0.467. The zero-order valence-electron chi connectivity index (χ0n) is 11.9. The van der Waals surface area contributed by atoms with Crippen molar-refractivity contribution in [1.82, 2.24) is 9.55 Å². The molecule has 0 fully saturated rings. The van der Waals surface area contributed by atoms with Crippen LogP contribution >= 0.6 is 0 Å². The standard InChI is InChI=1S/C15H21N3O/c1-10(2)18-9-16-7-13(18)8-17-14-6-5-11(3)15(19)12(14)4/h5-7,9-10,17,19H,8H2,1-4H3. The van der Waals surface area contributed by atoms with Crippen molar-refractivity contribution < 1.29 is 5.11 Å². The molecule has 4 heteroatoms. The summed E-state index contributed by atoms with van der Waals surface area (Å²) >= 11 is 0. The van der Waals surface area contributed by atoms with Crippen LogP contribution in [0, 0.1) is 13.8 Å². The van der Waals surface area contributed by atoms with Gasteiger partial charge in [-0.25, -0.2) is 4.98 Å². The van der Waals surface area contributed by atoms with E-state index in [0.29, 0.717) is 18.3 Å². The van der Waals surface area contributed by atoms with Gasteiger partial charge in [-0.2, -0.15) is 0 Å². The SMILES string of the molecule is Cc1ccc(NCc2cncn2C(C)C)c(C)c1O. The minimum atomic E-state index is 0.363. The van der Waals surface area contributed by atoms with E-state index in [2.05, 4.69) is 28.7 Å². The van der Waals surface area contributed by atoms with Crippen LogP contribution in [0.2, 0.25) is 0 Å². The molecule has 102 valence electrons. The first-order chi connectivity index (χ1) is 9.00. The molecule has 0 spiro atoms. The summed E-state index contributed by atoms with van der Waals surface area (Å²) in [6, 6.07) is 4.32. The van der Waals surface area contributed by atoms with E-state index in [1.165, 1.54) is 0 Å². The number of benzene rings is 1. The van der Waals surface area contributed by atoms with Gasteiger partial charge >= 0.3 is 0 Å². The third-order valence-electron chi connectivity index (χ3n) is 3.40. The summed E-state index contributed by atoms with van der Waals surface area (Å²) in [4.78, 5) is 4.18. The lowest BCUT2D eigenvalue weighted by Crippen LogP contribution is -2.09. The van der Waals surface area contributed by atoms with Crippen molar-refractivity contribution >= 4 is 5.69 Å². The Morgan fingerprint density at radius 3 is 2.74 bits per heavy atom. The molecule has 0 atom stereocenters. The first-order valence-electron chi connectivity index (χ1n) is 6.54. The lowest BCUT2D eigenvalue weighted by atomic mass is 10.1. The van der Waals surface area contributed by atoms with Gasteiger partial charge in [0.1, 0.15) is 5.75 Å². The van der Waals surface area contributed by atoms with Crippen LogP contribution in [0.5, 0.6) is 5.75 Å². The molecule has 0 aliphatic carbocycles. The maximum Gasteiger partial charge on any atom is 0.123 e. The first-order valence-corrected chi connectivity index (χ1v) is 6.54. The van der Waals surface area contributed by atoms with Gasteiger partial charge < -0.3 is 15.0 Å². The van der Waals surface area contributed by atoms with Gasteiger partial charge in [0, 0.05) is 23.5 Å². The number of aromatic hydroxyl groups is 1. The van der Waals surface area contributed by atoms with Crippen molar-refractivity contribution in [2.45, 2.75) is 40.3 Å². The molecule has 0 aliphatic rings. The summed E-state index contributed by atoms with van der Waals surface area (Å²) in [5, 5.41) is 13.3. The smallest absolute Gasteiger partial charge is 0.123 e. The number of aromatic nitrogens is 2. The van der Waals surface area contributed by atoms with E-state index in [0.717, 1.165) is 22.5 Å². The zero-order chi connectivity index (χ0) is 14.0. The molecule has 2 rings (SSSR count). The number of hydrogen-bond donors (Lipinski definition) is 2. The van der Waals surface area contributed by atoms with Crippen LogP contribution in [0.3, 0.4) is 0 Å². The van der Waals surface area contributed by atoms with Crippen molar-refractivity contribution in [2.75, 3.05) is 5.32 Å². The molecular weight excluding hydrogens is 238 g/mol. The van der Waals surface area contributed by atoms with E-state index in [-0.39, 0.29) is 0 Å². The molecule has 2 N–H and O–H groups in total. The summed E-state index contributed by atoms with van der Waals surface area (Å²) in [5.41, 5.74) is 3.87. The van der Waals surface area contributed by atoms with Gasteiger partial charge in [0.2, 0.25) is 0 Å². The Hall–Kier alpha value is -1.97. The number of phenolic OH excluding ortho intramolecular Hbond substituents is 1. The minimum Gasteiger partial charge on any atom is -0.507 e. The first kappa shape index (κ1) is 13.5. The maximum atomic E-state index is 9.93. The highest BCUT2D eigenvalue weighted by atomic mass is 16.3. The second kappa shape index (κ2) is 5.34. The Bertz CT molecular complexity index is 573. The summed E-state index contributed by atoms with van der Waals surface area (Å²) in [6.07, 6.45) is 3.72. The molecule has 2 aromatic rings. The van der Waals surface area contributed by atoms with E-state index < -0.39 is 0 Å². The molecule has 0 radical (unpaired) electrons. The molecule has 0 amide bonds. The van der Waals surface area contributed by atoms with Gasteiger partial charge in [0.15, 0.2) is 0 Å². The van der Waals surface area contributed by atoms with Crippen molar-refractivity contribution in [3.63, 3.8) is 0 Å². The van der Waals surface area contributed by atoms with Crippen molar-refractivity contribution in [3.05, 3.63) is 41.5 Å². The largest absolute Gasteiger partial charge is 0.507 e. The highest BCUT2D eigenvalue weighted by Crippen LogP contribution is 2.28. The Labute approximate surface area is 114 Å². The van der Waals surface area contributed by atoms with Gasteiger partial charge in [0.05, 0.1) is 18.6 Å². The highest BCUT2D eigenvalue weighted by molar-refractivity contribution is 5.59. The second-order valence-corrected chi connectivity index (χ2v) is 5.14. The Balaban J connectivity index is 2.15. The number of aryl methyl sites for hydroxylation is 1. The molecule has 1 heterocycles. The Kier molecular flexibility index (Phi) is 3.79. The van der Waals surface area contributed by atoms with E-state index in [9.17, 15) is 5.11 Å². The number of imidazole rings is 1. The van der Waals surface area contributed by atoms with Crippen LogP contribution in [0.1, 0.15) is 36.7 Å². The summed E-state index contributed by atoms with van der Waals surface area (Å²) < 4.78 is 2.14. The number of nitrogens with one attached hydrogen (secondary N) is 1. The van der Waals surface area contributed by atoms with Gasteiger partial charge in [-0.1, -0.05) is 6.07 Å². The fraction of sp³-hybridized carbons (Fsp3) is 0.400. The van der Waals surface area contributed by atoms with Gasteiger partial charge in [-0.15, -0.1) is 0 Å². The third-order valence-corrected chi connectivity index (χ3v) is 3.40. The number of nitrogens with zero attached hydrogens (tertiary/aromatic N) is 2. The maximum absolute atomic E-state index is 9.93. The normalized spacial score (nSPS) is 11.0. The summed E-state index contributed by atoms with van der Waals surface area (Å²) in [7, 11) is 0. The van der Waals surface area contributed by atoms with Crippen molar-refractivity contribution in [1.29, 1.82) is 0 Å². The minimum absolute atomic E-state index is 0.363. The number of rotatable bonds is 4. The fourth-order valence-electron chi connectivity index (χ4n) is 2.15. The van der Waals surface area contributed by atoms with Crippen molar-refractivity contribution in [2.24, 2.45) is 0 Å². The lowest BCUT2D eigenvalue weighted by Gasteiger charge is -2.15. The fourth-order valence-corrected chi connectivity index (χ4v) is 2.15. The zero-order valence-corrected chi connectivity index (χ0v) is 11.9. The van der Waals surface area contributed by atoms with Gasteiger partial charge in [0.25, 0.3) is 0 Å². The monoisotopic (exact) mass is 259 g/mol. The molecule has 0 saturated heterocycles. The molecule has 0 bridgehead atoms. The average Bonchev–Trinajstić information content (AvgIpc) is 2.84. The Morgan fingerprint density at radius 1 is 1.32 bits per heavy atom. The Morgan fingerprint density at radius 2 is 2.05 bits per heavy atom. The second-order valence-electron chi connectivity index (χ2n) is 5.14. The van der Waals surface area contributed by atoms with Crippen LogP contribution in [0.15, 0.2) is 24.7 Å². The van der Waals surface area contributed by atoms with E-state index in [1.54, 1.807) is 0 Å². The van der Waals surface area contributed by atoms with Crippen LogP contribution in [0.4, 0.5) is 5.69 Å². The van der Waals surface area contributed by atoms with E-state index >= 15 is 0 Å². The van der Waals surface area contributed by atoms with E-state index in [1.807, 2.05) is 38.5 Å². The van der Waals surface area contributed by atoms with Gasteiger partial charge in [-0.3, -0.25) is 0 Å². The molecule has 19 heavy (non-hydrogen) atoms. The molecule has 0 saturated carbocycles. The van der Waals surface area contributed by atoms with Crippen molar-refractivity contribution in [3.8, 4) is 5.75 Å². The molecular formula is C15H21N3O. The summed E-state index contributed by atoms with van der Waals surface area (Å²) in [6.45, 7) is 8.79. The third kappa shape index (κ3) is 2.72. The van der Waals surface area contributed by atoms with Gasteiger partial charge in [-0.05, 0) is 39.3 Å². The number of phenols is 1. The van der Waals surface area contributed by atoms with Crippen LogP contribution in [0.25, 0.3) is 0 Å². The molecule has 0 aliphatic heterocycles. The van der Waals surface area contributed by atoms with Crippen LogP contribution in [-0.4, -0.2) is 14.7 Å². The van der Waals surface area contributed by atoms with Crippen LogP contribution in [-0.2, 0) is 6.54 Å². The molecule has 1 aromatic carbocycles. The number of hydrogen-bond acceptors (Lipinski definition) is 3.